The van der Waals surface area contributed by atoms with Crippen molar-refractivity contribution in [1.29, 1.82) is 0 Å². The second-order valence-corrected chi connectivity index (χ2v) is 5.06. The molecular weight excluding hydrogens is 291 g/mol. The highest BCUT2D eigenvalue weighted by Crippen LogP contribution is 2.31. The van der Waals surface area contributed by atoms with Gasteiger partial charge in [-0.05, 0) is 36.2 Å². The third-order valence-corrected chi connectivity index (χ3v) is 3.52. The van der Waals surface area contributed by atoms with Crippen LogP contribution < -0.4 is 4.74 Å². The van der Waals surface area contributed by atoms with Crippen molar-refractivity contribution in [2.45, 2.75) is 25.1 Å². The Balaban J connectivity index is 1.95. The normalized spacial score (nSPS) is 13.0. The largest absolute Gasteiger partial charge is 0.671 e. The molecule has 2 aromatic rings. The lowest BCUT2D eigenvalue weighted by Gasteiger charge is -2.21. The first-order valence-electron chi connectivity index (χ1n) is 6.91. The number of aryl methyl sites for hydroxylation is 1. The van der Waals surface area contributed by atoms with Gasteiger partial charge in [-0.15, -0.1) is 6.04 Å². The molecule has 0 saturated carbocycles. The van der Waals surface area contributed by atoms with Gasteiger partial charge < -0.3 is 10.5 Å². The minimum Gasteiger partial charge on any atom is -0.671 e. The van der Waals surface area contributed by atoms with Crippen molar-refractivity contribution in [2.75, 3.05) is 7.11 Å². The van der Waals surface area contributed by atoms with Gasteiger partial charge in [0.1, 0.15) is 5.75 Å². The number of rotatable bonds is 5. The maximum Gasteiger partial charge on any atom is 0.416 e. The highest BCUT2D eigenvalue weighted by Gasteiger charge is 2.29. The van der Waals surface area contributed by atoms with Gasteiger partial charge in [-0.3, -0.25) is 0 Å². The summed E-state index contributed by atoms with van der Waals surface area (Å²) in [4.78, 5) is 0. The standard InChI is InChI=1S/C17H17F3NO/c1-22-15-9-2-12(3-10-15)4-11-16(21)13-5-7-14(8-6-13)17(18,19)20/h2-3,5-10,16,21H,4,11H2,1H3/q-1. The maximum atomic E-state index is 12.5. The van der Waals surface area contributed by atoms with Gasteiger partial charge in [-0.25, -0.2) is 0 Å². The summed E-state index contributed by atoms with van der Waals surface area (Å²) in [6.45, 7) is 0. The van der Waals surface area contributed by atoms with Crippen LogP contribution in [0.1, 0.15) is 29.2 Å². The predicted molar refractivity (Wildman–Crippen MR) is 79.8 cm³/mol. The fourth-order valence-corrected chi connectivity index (χ4v) is 2.17. The number of methoxy groups -OCH3 is 1. The lowest BCUT2D eigenvalue weighted by atomic mass is 9.98. The topological polar surface area (TPSA) is 33.0 Å². The molecule has 1 atom stereocenters. The molecule has 0 radical (unpaired) electrons. The highest BCUT2D eigenvalue weighted by molar-refractivity contribution is 5.29. The molecule has 2 nitrogen and oxygen atoms in total. The molecule has 0 fully saturated rings. The number of ether oxygens (including phenoxy) is 1. The van der Waals surface area contributed by atoms with E-state index >= 15 is 0 Å². The number of hydrogen-bond donors (Lipinski definition) is 0. The van der Waals surface area contributed by atoms with E-state index in [2.05, 4.69) is 0 Å². The molecule has 0 aliphatic rings. The van der Waals surface area contributed by atoms with Crippen LogP contribution in [0.25, 0.3) is 5.73 Å². The third kappa shape index (κ3) is 4.24. The summed E-state index contributed by atoms with van der Waals surface area (Å²) in [5.74, 6) is 0.772. The second-order valence-electron chi connectivity index (χ2n) is 5.06. The predicted octanol–water partition coefficient (Wildman–Crippen LogP) is 5.44. The van der Waals surface area contributed by atoms with E-state index < -0.39 is 17.8 Å². The molecule has 0 amide bonds. The first-order chi connectivity index (χ1) is 10.4. The van der Waals surface area contributed by atoms with E-state index in [1.54, 1.807) is 7.11 Å². The molecule has 1 N–H and O–H groups in total. The molecule has 22 heavy (non-hydrogen) atoms. The lowest BCUT2D eigenvalue weighted by molar-refractivity contribution is -0.137. The zero-order chi connectivity index (χ0) is 16.2. The molecule has 118 valence electrons. The van der Waals surface area contributed by atoms with Crippen LogP contribution in [0.5, 0.6) is 5.75 Å². The monoisotopic (exact) mass is 308 g/mol. The van der Waals surface area contributed by atoms with Crippen LogP contribution in [0, 0.1) is 0 Å². The van der Waals surface area contributed by atoms with Crippen molar-refractivity contribution in [1.82, 2.24) is 0 Å². The summed E-state index contributed by atoms with van der Waals surface area (Å²) in [5, 5.41) is 0. The van der Waals surface area contributed by atoms with Crippen molar-refractivity contribution in [3.05, 3.63) is 71.0 Å². The molecular formula is C17H17F3NO-. The summed E-state index contributed by atoms with van der Waals surface area (Å²) in [5.41, 5.74) is 9.05. The Hall–Kier alpha value is -2.01. The Labute approximate surface area is 127 Å². The maximum absolute atomic E-state index is 12.5. The molecule has 0 aromatic heterocycles. The third-order valence-electron chi connectivity index (χ3n) is 3.52. The Morgan fingerprint density at radius 3 is 2.09 bits per heavy atom. The molecule has 1 unspecified atom stereocenters. The van der Waals surface area contributed by atoms with Crippen LogP contribution >= 0.6 is 0 Å². The zero-order valence-corrected chi connectivity index (χ0v) is 12.2. The summed E-state index contributed by atoms with van der Waals surface area (Å²) in [6.07, 6.45) is -3.09. The SMILES string of the molecule is COc1ccc(CCC([NH-])c2ccc(C(F)(F)F)cc2)cc1. The van der Waals surface area contributed by atoms with Crippen LogP contribution in [0.3, 0.4) is 0 Å². The van der Waals surface area contributed by atoms with Crippen molar-refractivity contribution >= 4 is 0 Å². The molecule has 0 aliphatic heterocycles. The second kappa shape index (κ2) is 6.83. The summed E-state index contributed by atoms with van der Waals surface area (Å²) in [7, 11) is 1.60. The van der Waals surface area contributed by atoms with Gasteiger partial charge in [-0.2, -0.15) is 13.2 Å². The van der Waals surface area contributed by atoms with Crippen molar-refractivity contribution in [2.24, 2.45) is 0 Å². The average molecular weight is 308 g/mol. The van der Waals surface area contributed by atoms with Gasteiger partial charge >= 0.3 is 6.18 Å². The van der Waals surface area contributed by atoms with Gasteiger partial charge in [-0.1, -0.05) is 36.2 Å². The lowest BCUT2D eigenvalue weighted by Crippen LogP contribution is -2.05. The van der Waals surface area contributed by atoms with Crippen LogP contribution in [-0.4, -0.2) is 7.11 Å². The van der Waals surface area contributed by atoms with Crippen LogP contribution in [-0.2, 0) is 12.6 Å². The molecule has 2 aromatic carbocycles. The van der Waals surface area contributed by atoms with E-state index in [9.17, 15) is 13.2 Å². The van der Waals surface area contributed by atoms with Crippen LogP contribution in [0.15, 0.2) is 48.5 Å². The minimum absolute atomic E-state index is 0.538. The highest BCUT2D eigenvalue weighted by atomic mass is 19.4. The molecule has 0 saturated heterocycles. The Morgan fingerprint density at radius 1 is 1.00 bits per heavy atom. The number of benzene rings is 2. The number of halogens is 3. The van der Waals surface area contributed by atoms with Crippen molar-refractivity contribution in [3.8, 4) is 5.75 Å². The molecule has 0 bridgehead atoms. The fourth-order valence-electron chi connectivity index (χ4n) is 2.17. The molecule has 0 heterocycles. The fraction of sp³-hybridized carbons (Fsp3) is 0.294. The Morgan fingerprint density at radius 2 is 1.59 bits per heavy atom. The molecule has 2 rings (SSSR count). The van der Waals surface area contributed by atoms with E-state index in [1.165, 1.54) is 12.1 Å². The Kier molecular flexibility index (Phi) is 5.08. The summed E-state index contributed by atoms with van der Waals surface area (Å²) >= 11 is 0. The molecule has 0 spiro atoms. The smallest absolute Gasteiger partial charge is 0.416 e. The summed E-state index contributed by atoms with van der Waals surface area (Å²) < 4.78 is 42.6. The quantitative estimate of drug-likeness (QED) is 0.724. The van der Waals surface area contributed by atoms with Crippen LogP contribution in [0.4, 0.5) is 13.2 Å². The Bertz CT molecular complexity index is 591. The van der Waals surface area contributed by atoms with Gasteiger partial charge in [0.2, 0.25) is 0 Å². The molecule has 5 heteroatoms. The van der Waals surface area contributed by atoms with E-state index in [0.717, 1.165) is 23.4 Å². The first-order valence-corrected chi connectivity index (χ1v) is 6.91. The van der Waals surface area contributed by atoms with E-state index in [0.29, 0.717) is 18.4 Å². The van der Waals surface area contributed by atoms with Gasteiger partial charge in [0, 0.05) is 0 Å². The average Bonchev–Trinajstić information content (AvgIpc) is 2.52. The zero-order valence-electron chi connectivity index (χ0n) is 12.2. The number of hydrogen-bond acceptors (Lipinski definition) is 1. The van der Waals surface area contributed by atoms with Crippen LogP contribution in [0.2, 0.25) is 0 Å². The number of nitrogens with one attached hydrogen (secondary N) is 1. The van der Waals surface area contributed by atoms with Crippen molar-refractivity contribution in [3.63, 3.8) is 0 Å². The molecule has 0 aliphatic carbocycles. The van der Waals surface area contributed by atoms with Gasteiger partial charge in [0.25, 0.3) is 0 Å². The first kappa shape index (κ1) is 16.4. The summed E-state index contributed by atoms with van der Waals surface area (Å²) in [6, 6.07) is 11.9. The van der Waals surface area contributed by atoms with Crippen molar-refractivity contribution < 1.29 is 17.9 Å². The van der Waals surface area contributed by atoms with E-state index in [4.69, 9.17) is 10.5 Å². The van der Waals surface area contributed by atoms with E-state index in [-0.39, 0.29) is 0 Å². The van der Waals surface area contributed by atoms with E-state index in [1.807, 2.05) is 24.3 Å². The number of alkyl halides is 3. The van der Waals surface area contributed by atoms with Gasteiger partial charge in [0.15, 0.2) is 0 Å². The minimum atomic E-state index is -4.33. The van der Waals surface area contributed by atoms with Gasteiger partial charge in [0.05, 0.1) is 12.7 Å².